The van der Waals surface area contributed by atoms with E-state index in [1.807, 2.05) is 6.20 Å². The van der Waals surface area contributed by atoms with Gasteiger partial charge in [-0.2, -0.15) is 0 Å². The highest BCUT2D eigenvalue weighted by molar-refractivity contribution is 7.11. The topological polar surface area (TPSA) is 48.1 Å². The maximum Gasteiger partial charge on any atom is 0.122 e. The SMILES string of the molecule is Cc1ccc(C)c(OCCc2ncc(CN)s2)c1. The van der Waals surface area contributed by atoms with E-state index < -0.39 is 0 Å². The summed E-state index contributed by atoms with van der Waals surface area (Å²) in [4.78, 5) is 5.44. The van der Waals surface area contributed by atoms with Crippen molar-refractivity contribution in [2.75, 3.05) is 6.61 Å². The number of benzene rings is 1. The molecule has 0 fully saturated rings. The van der Waals surface area contributed by atoms with E-state index in [4.69, 9.17) is 10.5 Å². The van der Waals surface area contributed by atoms with E-state index in [9.17, 15) is 0 Å². The van der Waals surface area contributed by atoms with Crippen LogP contribution >= 0.6 is 11.3 Å². The summed E-state index contributed by atoms with van der Waals surface area (Å²) in [6.45, 7) is 5.35. The second-order valence-corrected chi connectivity index (χ2v) is 5.49. The summed E-state index contributed by atoms with van der Waals surface area (Å²) in [5, 5.41) is 1.08. The third-order valence-corrected chi connectivity index (χ3v) is 3.80. The molecule has 2 aromatic rings. The maximum absolute atomic E-state index is 5.80. The van der Waals surface area contributed by atoms with Gasteiger partial charge in [0.1, 0.15) is 5.75 Å². The Hall–Kier alpha value is -1.39. The summed E-state index contributed by atoms with van der Waals surface area (Å²) >= 11 is 1.66. The van der Waals surface area contributed by atoms with Gasteiger partial charge in [-0.15, -0.1) is 11.3 Å². The monoisotopic (exact) mass is 262 g/mol. The molecule has 0 aliphatic heterocycles. The Morgan fingerprint density at radius 1 is 1.33 bits per heavy atom. The molecule has 0 aliphatic carbocycles. The first-order chi connectivity index (χ1) is 8.69. The van der Waals surface area contributed by atoms with Crippen molar-refractivity contribution in [3.05, 3.63) is 45.4 Å². The fourth-order valence-corrected chi connectivity index (χ4v) is 2.45. The van der Waals surface area contributed by atoms with Crippen LogP contribution in [0.1, 0.15) is 21.0 Å². The highest BCUT2D eigenvalue weighted by atomic mass is 32.1. The number of thiazole rings is 1. The number of nitrogens with two attached hydrogens (primary N) is 1. The van der Waals surface area contributed by atoms with Gasteiger partial charge < -0.3 is 10.5 Å². The van der Waals surface area contributed by atoms with Crippen LogP contribution in [0.5, 0.6) is 5.75 Å². The second kappa shape index (κ2) is 5.98. The lowest BCUT2D eigenvalue weighted by atomic mass is 10.1. The number of hydrogen-bond donors (Lipinski definition) is 1. The third kappa shape index (κ3) is 3.31. The van der Waals surface area contributed by atoms with Crippen molar-refractivity contribution in [2.24, 2.45) is 5.73 Å². The van der Waals surface area contributed by atoms with E-state index in [0.717, 1.165) is 22.1 Å². The molecular weight excluding hydrogens is 244 g/mol. The number of nitrogens with zero attached hydrogens (tertiary/aromatic N) is 1. The maximum atomic E-state index is 5.80. The third-order valence-electron chi connectivity index (χ3n) is 2.72. The Morgan fingerprint density at radius 2 is 2.17 bits per heavy atom. The molecule has 1 aromatic heterocycles. The highest BCUT2D eigenvalue weighted by Gasteiger charge is 2.03. The molecule has 0 amide bonds. The summed E-state index contributed by atoms with van der Waals surface area (Å²) in [7, 11) is 0. The minimum absolute atomic E-state index is 0.565. The summed E-state index contributed by atoms with van der Waals surface area (Å²) in [5.41, 5.74) is 7.95. The van der Waals surface area contributed by atoms with Crippen LogP contribution in [-0.2, 0) is 13.0 Å². The summed E-state index contributed by atoms with van der Waals surface area (Å²) in [6.07, 6.45) is 2.68. The van der Waals surface area contributed by atoms with Gasteiger partial charge in [-0.25, -0.2) is 4.98 Å². The average molecular weight is 262 g/mol. The molecule has 1 heterocycles. The van der Waals surface area contributed by atoms with Gasteiger partial charge in [0.15, 0.2) is 0 Å². The minimum atomic E-state index is 0.565. The van der Waals surface area contributed by atoms with E-state index >= 15 is 0 Å². The second-order valence-electron chi connectivity index (χ2n) is 4.29. The van der Waals surface area contributed by atoms with Crippen LogP contribution in [0.3, 0.4) is 0 Å². The van der Waals surface area contributed by atoms with Gasteiger partial charge in [-0.05, 0) is 31.0 Å². The molecule has 18 heavy (non-hydrogen) atoms. The zero-order valence-electron chi connectivity index (χ0n) is 10.8. The van der Waals surface area contributed by atoms with E-state index in [2.05, 4.69) is 37.0 Å². The Kier molecular flexibility index (Phi) is 4.33. The van der Waals surface area contributed by atoms with E-state index in [1.54, 1.807) is 11.3 Å². The quantitative estimate of drug-likeness (QED) is 0.901. The molecule has 0 saturated carbocycles. The number of aromatic nitrogens is 1. The molecule has 0 unspecified atom stereocenters. The van der Waals surface area contributed by atoms with Crippen LogP contribution in [0.2, 0.25) is 0 Å². The van der Waals surface area contributed by atoms with Gasteiger partial charge in [-0.1, -0.05) is 12.1 Å². The van der Waals surface area contributed by atoms with E-state index in [1.165, 1.54) is 11.1 Å². The number of aryl methyl sites for hydroxylation is 2. The Morgan fingerprint density at radius 3 is 2.89 bits per heavy atom. The average Bonchev–Trinajstić information content (AvgIpc) is 2.81. The van der Waals surface area contributed by atoms with Gasteiger partial charge in [0, 0.05) is 24.0 Å². The molecule has 0 spiro atoms. The van der Waals surface area contributed by atoms with E-state index in [0.29, 0.717) is 13.2 Å². The van der Waals surface area contributed by atoms with Crippen LogP contribution in [0, 0.1) is 13.8 Å². The van der Waals surface area contributed by atoms with Crippen LogP contribution in [0.25, 0.3) is 0 Å². The first-order valence-electron chi connectivity index (χ1n) is 6.02. The fourth-order valence-electron chi connectivity index (χ4n) is 1.67. The number of rotatable bonds is 5. The molecule has 4 heteroatoms. The van der Waals surface area contributed by atoms with E-state index in [-0.39, 0.29) is 0 Å². The molecule has 2 N–H and O–H groups in total. The van der Waals surface area contributed by atoms with Crippen molar-refractivity contribution in [3.63, 3.8) is 0 Å². The Labute approximate surface area is 112 Å². The van der Waals surface area contributed by atoms with Crippen molar-refractivity contribution < 1.29 is 4.74 Å². The highest BCUT2D eigenvalue weighted by Crippen LogP contribution is 2.20. The molecule has 0 saturated heterocycles. The number of ether oxygens (including phenoxy) is 1. The van der Waals surface area contributed by atoms with Crippen molar-refractivity contribution in [2.45, 2.75) is 26.8 Å². The normalized spacial score (nSPS) is 10.6. The Balaban J connectivity index is 1.90. The standard InChI is InChI=1S/C14H18N2OS/c1-10-3-4-11(2)13(7-10)17-6-5-14-16-9-12(8-15)18-14/h3-4,7,9H,5-6,8,15H2,1-2H3. The molecule has 0 radical (unpaired) electrons. The zero-order chi connectivity index (χ0) is 13.0. The van der Waals surface area contributed by atoms with Gasteiger partial charge >= 0.3 is 0 Å². The van der Waals surface area contributed by atoms with Crippen LogP contribution in [-0.4, -0.2) is 11.6 Å². The lowest BCUT2D eigenvalue weighted by molar-refractivity contribution is 0.319. The largest absolute Gasteiger partial charge is 0.493 e. The molecule has 96 valence electrons. The number of hydrogen-bond acceptors (Lipinski definition) is 4. The van der Waals surface area contributed by atoms with Crippen LogP contribution in [0.4, 0.5) is 0 Å². The van der Waals surface area contributed by atoms with Gasteiger partial charge in [-0.3, -0.25) is 0 Å². The smallest absolute Gasteiger partial charge is 0.122 e. The molecule has 0 bridgehead atoms. The van der Waals surface area contributed by atoms with Crippen molar-refractivity contribution in [3.8, 4) is 5.75 Å². The van der Waals surface area contributed by atoms with Gasteiger partial charge in [0.05, 0.1) is 11.6 Å². The minimum Gasteiger partial charge on any atom is -0.493 e. The van der Waals surface area contributed by atoms with Gasteiger partial charge in [0.25, 0.3) is 0 Å². The molecular formula is C14H18N2OS. The summed E-state index contributed by atoms with van der Waals surface area (Å²) in [6, 6.07) is 6.25. The Bertz CT molecular complexity index is 522. The molecule has 1 aromatic carbocycles. The predicted molar refractivity (Wildman–Crippen MR) is 75.1 cm³/mol. The predicted octanol–water partition coefficient (Wildman–Crippen LogP) is 2.84. The summed E-state index contributed by atoms with van der Waals surface area (Å²) < 4.78 is 5.80. The zero-order valence-corrected chi connectivity index (χ0v) is 11.6. The van der Waals surface area contributed by atoms with Crippen molar-refractivity contribution >= 4 is 11.3 Å². The lowest BCUT2D eigenvalue weighted by Gasteiger charge is -2.08. The van der Waals surface area contributed by atoms with Crippen LogP contribution in [0.15, 0.2) is 24.4 Å². The molecule has 3 nitrogen and oxygen atoms in total. The van der Waals surface area contributed by atoms with Gasteiger partial charge in [0.2, 0.25) is 0 Å². The molecule has 2 rings (SSSR count). The molecule has 0 aliphatic rings. The van der Waals surface area contributed by atoms with Crippen molar-refractivity contribution in [1.82, 2.24) is 4.98 Å². The molecule has 0 atom stereocenters. The van der Waals surface area contributed by atoms with Crippen LogP contribution < -0.4 is 10.5 Å². The van der Waals surface area contributed by atoms with Crippen molar-refractivity contribution in [1.29, 1.82) is 0 Å². The fraction of sp³-hybridized carbons (Fsp3) is 0.357. The first kappa shape index (κ1) is 13.1. The lowest BCUT2D eigenvalue weighted by Crippen LogP contribution is -2.02. The summed E-state index contributed by atoms with van der Waals surface area (Å²) in [5.74, 6) is 0.964. The first-order valence-corrected chi connectivity index (χ1v) is 6.84.